The van der Waals surface area contributed by atoms with Crippen LogP contribution in [0, 0.1) is 0 Å². The van der Waals surface area contributed by atoms with E-state index in [1.807, 2.05) is 0 Å². The van der Waals surface area contributed by atoms with Gasteiger partial charge in [0.25, 0.3) is 0 Å². The number of hydrogen-bond acceptors (Lipinski definition) is 2. The van der Waals surface area contributed by atoms with E-state index < -0.39 is 0 Å². The first-order valence-electron chi connectivity index (χ1n) is 7.28. The molecule has 2 nitrogen and oxygen atoms in total. The Morgan fingerprint density at radius 3 is 2.67 bits per heavy atom. The van der Waals surface area contributed by atoms with E-state index in [1.165, 1.54) is 36.9 Å². The molecular weight excluding hydrogens is 220 g/mol. The Kier molecular flexibility index (Phi) is 5.21. The lowest BCUT2D eigenvalue weighted by Gasteiger charge is -2.16. The Balaban J connectivity index is 1.81. The van der Waals surface area contributed by atoms with E-state index in [1.54, 1.807) is 0 Å². The molecule has 1 unspecified atom stereocenters. The fourth-order valence-electron chi connectivity index (χ4n) is 2.51. The monoisotopic (exact) mass is 246 g/mol. The zero-order valence-electron chi connectivity index (χ0n) is 11.7. The van der Waals surface area contributed by atoms with Crippen molar-refractivity contribution < 1.29 is 0 Å². The van der Waals surface area contributed by atoms with Gasteiger partial charge in [-0.05, 0) is 49.4 Å². The highest BCUT2D eigenvalue weighted by molar-refractivity contribution is 5.24. The van der Waals surface area contributed by atoms with Gasteiger partial charge in [0.15, 0.2) is 0 Å². The van der Waals surface area contributed by atoms with Crippen LogP contribution in [0.1, 0.15) is 50.2 Å². The zero-order valence-corrected chi connectivity index (χ0v) is 11.7. The second-order valence-corrected chi connectivity index (χ2v) is 5.66. The van der Waals surface area contributed by atoms with Crippen molar-refractivity contribution in [2.24, 2.45) is 0 Å². The standard InChI is InChI=1S/C16H26N2/c1-13(2)15-7-5-14(6-8-15)12-18-16-4-3-10-17-11-9-16/h5-8,13,16-18H,3-4,9-12H2,1-2H3. The maximum Gasteiger partial charge on any atom is 0.0208 e. The lowest BCUT2D eigenvalue weighted by Crippen LogP contribution is -2.29. The second kappa shape index (κ2) is 6.91. The molecular formula is C16H26N2. The van der Waals surface area contributed by atoms with Gasteiger partial charge in [-0.1, -0.05) is 38.1 Å². The van der Waals surface area contributed by atoms with Gasteiger partial charge in [0.05, 0.1) is 0 Å². The van der Waals surface area contributed by atoms with Crippen LogP contribution >= 0.6 is 0 Å². The molecule has 0 spiro atoms. The number of rotatable bonds is 4. The van der Waals surface area contributed by atoms with Crippen molar-refractivity contribution in [3.05, 3.63) is 35.4 Å². The molecule has 18 heavy (non-hydrogen) atoms. The highest BCUT2D eigenvalue weighted by Gasteiger charge is 2.10. The summed E-state index contributed by atoms with van der Waals surface area (Å²) in [4.78, 5) is 0. The smallest absolute Gasteiger partial charge is 0.0208 e. The van der Waals surface area contributed by atoms with Gasteiger partial charge < -0.3 is 10.6 Å². The van der Waals surface area contributed by atoms with Crippen LogP contribution in [0.4, 0.5) is 0 Å². The van der Waals surface area contributed by atoms with E-state index in [-0.39, 0.29) is 0 Å². The summed E-state index contributed by atoms with van der Waals surface area (Å²) in [7, 11) is 0. The lowest BCUT2D eigenvalue weighted by atomic mass is 10.0. The Morgan fingerprint density at radius 1 is 1.17 bits per heavy atom. The second-order valence-electron chi connectivity index (χ2n) is 5.66. The van der Waals surface area contributed by atoms with Gasteiger partial charge >= 0.3 is 0 Å². The van der Waals surface area contributed by atoms with Gasteiger partial charge in [-0.25, -0.2) is 0 Å². The van der Waals surface area contributed by atoms with Crippen molar-refractivity contribution in [2.45, 2.75) is 51.6 Å². The molecule has 2 heteroatoms. The first-order chi connectivity index (χ1) is 8.75. The topological polar surface area (TPSA) is 24.1 Å². The van der Waals surface area contributed by atoms with Gasteiger partial charge in [0, 0.05) is 12.6 Å². The van der Waals surface area contributed by atoms with Crippen LogP contribution in [0.15, 0.2) is 24.3 Å². The normalized spacial score (nSPS) is 20.9. The van der Waals surface area contributed by atoms with Crippen LogP contribution in [0.5, 0.6) is 0 Å². The minimum absolute atomic E-state index is 0.625. The van der Waals surface area contributed by atoms with E-state index in [0.29, 0.717) is 12.0 Å². The lowest BCUT2D eigenvalue weighted by molar-refractivity contribution is 0.468. The van der Waals surface area contributed by atoms with Crippen LogP contribution in [0.3, 0.4) is 0 Å². The third kappa shape index (κ3) is 4.11. The quantitative estimate of drug-likeness (QED) is 0.853. The van der Waals surface area contributed by atoms with Gasteiger partial charge in [-0.15, -0.1) is 0 Å². The predicted molar refractivity (Wildman–Crippen MR) is 77.9 cm³/mol. The van der Waals surface area contributed by atoms with Gasteiger partial charge in [-0.3, -0.25) is 0 Å². The minimum atomic E-state index is 0.625. The highest BCUT2D eigenvalue weighted by atomic mass is 14.9. The molecule has 0 radical (unpaired) electrons. The number of benzene rings is 1. The first kappa shape index (κ1) is 13.6. The molecule has 1 aromatic rings. The molecule has 1 atom stereocenters. The third-order valence-corrected chi connectivity index (χ3v) is 3.82. The average Bonchev–Trinajstić information content (AvgIpc) is 2.65. The maximum atomic E-state index is 3.69. The Bertz CT molecular complexity index is 335. The molecule has 0 aromatic heterocycles. The van der Waals surface area contributed by atoms with Gasteiger partial charge in [0.2, 0.25) is 0 Å². The van der Waals surface area contributed by atoms with E-state index in [9.17, 15) is 0 Å². The third-order valence-electron chi connectivity index (χ3n) is 3.82. The van der Waals surface area contributed by atoms with Crippen molar-refractivity contribution in [1.82, 2.24) is 10.6 Å². The van der Waals surface area contributed by atoms with E-state index in [0.717, 1.165) is 13.1 Å². The molecule has 1 fully saturated rings. The van der Waals surface area contributed by atoms with Gasteiger partial charge in [0.1, 0.15) is 0 Å². The molecule has 0 amide bonds. The maximum absolute atomic E-state index is 3.69. The van der Waals surface area contributed by atoms with Crippen molar-refractivity contribution in [3.8, 4) is 0 Å². The minimum Gasteiger partial charge on any atom is -0.317 e. The fourth-order valence-corrected chi connectivity index (χ4v) is 2.51. The Labute approximate surface area is 111 Å². The summed E-state index contributed by atoms with van der Waals surface area (Å²) in [6.45, 7) is 7.83. The summed E-state index contributed by atoms with van der Waals surface area (Å²) in [5.41, 5.74) is 2.83. The molecule has 1 saturated heterocycles. The van der Waals surface area contributed by atoms with Crippen LogP contribution in [-0.2, 0) is 6.54 Å². The molecule has 1 heterocycles. The molecule has 100 valence electrons. The summed E-state index contributed by atoms with van der Waals surface area (Å²) >= 11 is 0. The van der Waals surface area contributed by atoms with Crippen LogP contribution in [0.2, 0.25) is 0 Å². The van der Waals surface area contributed by atoms with E-state index in [4.69, 9.17) is 0 Å². The van der Waals surface area contributed by atoms with Crippen LogP contribution in [-0.4, -0.2) is 19.1 Å². The number of hydrogen-bond donors (Lipinski definition) is 2. The largest absolute Gasteiger partial charge is 0.317 e. The summed E-state index contributed by atoms with van der Waals surface area (Å²) in [5, 5.41) is 7.14. The average molecular weight is 246 g/mol. The van der Waals surface area contributed by atoms with Crippen molar-refractivity contribution in [3.63, 3.8) is 0 Å². The van der Waals surface area contributed by atoms with E-state index >= 15 is 0 Å². The Morgan fingerprint density at radius 2 is 1.94 bits per heavy atom. The van der Waals surface area contributed by atoms with Crippen molar-refractivity contribution in [1.29, 1.82) is 0 Å². The van der Waals surface area contributed by atoms with Crippen molar-refractivity contribution >= 4 is 0 Å². The molecule has 2 rings (SSSR count). The number of nitrogens with one attached hydrogen (secondary N) is 2. The first-order valence-corrected chi connectivity index (χ1v) is 7.28. The summed E-state index contributed by atoms with van der Waals surface area (Å²) < 4.78 is 0. The molecule has 2 N–H and O–H groups in total. The van der Waals surface area contributed by atoms with Crippen molar-refractivity contribution in [2.75, 3.05) is 13.1 Å². The molecule has 1 aromatic carbocycles. The molecule has 0 saturated carbocycles. The summed E-state index contributed by atoms with van der Waals surface area (Å²) in [6.07, 6.45) is 3.85. The van der Waals surface area contributed by atoms with E-state index in [2.05, 4.69) is 48.7 Å². The highest BCUT2D eigenvalue weighted by Crippen LogP contribution is 2.15. The Hall–Kier alpha value is -0.860. The summed E-state index contributed by atoms with van der Waals surface area (Å²) in [6, 6.07) is 9.73. The van der Waals surface area contributed by atoms with Crippen LogP contribution in [0.25, 0.3) is 0 Å². The SMILES string of the molecule is CC(C)c1ccc(CNC2CCCNCC2)cc1. The molecule has 0 aliphatic carbocycles. The molecule has 1 aliphatic rings. The predicted octanol–water partition coefficient (Wildman–Crippen LogP) is 3.04. The zero-order chi connectivity index (χ0) is 12.8. The van der Waals surface area contributed by atoms with Crippen LogP contribution < -0.4 is 10.6 Å². The molecule has 0 bridgehead atoms. The van der Waals surface area contributed by atoms with Gasteiger partial charge in [-0.2, -0.15) is 0 Å². The summed E-state index contributed by atoms with van der Waals surface area (Å²) in [5.74, 6) is 0.625. The molecule has 1 aliphatic heterocycles. The fraction of sp³-hybridized carbons (Fsp3) is 0.625.